The molecule has 1 saturated carbocycles. The van der Waals surface area contributed by atoms with E-state index in [9.17, 15) is 9.59 Å². The molecule has 0 saturated heterocycles. The highest BCUT2D eigenvalue weighted by Gasteiger charge is 2.28. The van der Waals surface area contributed by atoms with E-state index in [1.54, 1.807) is 18.0 Å². The van der Waals surface area contributed by atoms with Gasteiger partial charge in [0.15, 0.2) is 0 Å². The van der Waals surface area contributed by atoms with Crippen LogP contribution >= 0.6 is 11.8 Å². The Labute approximate surface area is 154 Å². The van der Waals surface area contributed by atoms with Crippen LogP contribution in [0.15, 0.2) is 24.4 Å². The quantitative estimate of drug-likeness (QED) is 0.745. The minimum atomic E-state index is -0.469. The highest BCUT2D eigenvalue weighted by Crippen LogP contribution is 2.28. The second-order valence-electron chi connectivity index (χ2n) is 6.84. The summed E-state index contributed by atoms with van der Waals surface area (Å²) in [7, 11) is 0. The molecule has 2 rings (SSSR count). The lowest BCUT2D eigenvalue weighted by molar-refractivity contribution is -0.132. The van der Waals surface area contributed by atoms with Gasteiger partial charge in [0, 0.05) is 12.1 Å². The number of hydrogen-bond donors (Lipinski definition) is 2. The predicted molar refractivity (Wildman–Crippen MR) is 102 cm³/mol. The fourth-order valence-electron chi connectivity index (χ4n) is 3.12. The first kappa shape index (κ1) is 19.8. The van der Waals surface area contributed by atoms with Crippen LogP contribution in [-0.2, 0) is 16.1 Å². The highest BCUT2D eigenvalue weighted by molar-refractivity contribution is 7.98. The van der Waals surface area contributed by atoms with Gasteiger partial charge in [-0.25, -0.2) is 0 Å². The Balaban J connectivity index is 1.88. The van der Waals surface area contributed by atoms with Gasteiger partial charge in [-0.15, -0.1) is 0 Å². The first-order chi connectivity index (χ1) is 12.1. The molecule has 1 aliphatic rings. The van der Waals surface area contributed by atoms with Crippen LogP contribution in [0.3, 0.4) is 0 Å². The lowest BCUT2D eigenvalue weighted by atomic mass is 9.82. The van der Waals surface area contributed by atoms with E-state index >= 15 is 0 Å². The molecule has 0 aromatic carbocycles. The second kappa shape index (κ2) is 10.4. The van der Waals surface area contributed by atoms with Gasteiger partial charge < -0.3 is 10.6 Å². The van der Waals surface area contributed by atoms with Crippen LogP contribution in [0.5, 0.6) is 0 Å². The van der Waals surface area contributed by atoms with E-state index in [0.717, 1.165) is 37.1 Å². The summed E-state index contributed by atoms with van der Waals surface area (Å²) in [5.41, 5.74) is 0.812. The van der Waals surface area contributed by atoms with Gasteiger partial charge in [0.05, 0.1) is 12.2 Å². The first-order valence-corrected chi connectivity index (χ1v) is 10.5. The molecule has 0 bridgehead atoms. The second-order valence-corrected chi connectivity index (χ2v) is 7.82. The molecule has 1 fully saturated rings. The van der Waals surface area contributed by atoms with Crippen LogP contribution in [0, 0.1) is 11.8 Å². The van der Waals surface area contributed by atoms with Gasteiger partial charge in [0.25, 0.3) is 0 Å². The normalized spacial score (nSPS) is 21.4. The number of aromatic nitrogens is 1. The molecule has 1 aromatic heterocycles. The zero-order valence-corrected chi connectivity index (χ0v) is 16.0. The summed E-state index contributed by atoms with van der Waals surface area (Å²) < 4.78 is 0. The third kappa shape index (κ3) is 6.69. The molecule has 1 aromatic rings. The Morgan fingerprint density at radius 1 is 1.28 bits per heavy atom. The van der Waals surface area contributed by atoms with Gasteiger partial charge in [0.2, 0.25) is 11.8 Å². The van der Waals surface area contributed by atoms with E-state index in [1.165, 1.54) is 0 Å². The van der Waals surface area contributed by atoms with Crippen molar-refractivity contribution in [1.82, 2.24) is 15.6 Å². The fourth-order valence-corrected chi connectivity index (χ4v) is 3.59. The van der Waals surface area contributed by atoms with E-state index in [0.29, 0.717) is 18.9 Å². The number of amides is 2. The van der Waals surface area contributed by atoms with E-state index in [2.05, 4.69) is 22.5 Å². The largest absolute Gasteiger partial charge is 0.349 e. The van der Waals surface area contributed by atoms with Gasteiger partial charge in [0.1, 0.15) is 6.04 Å². The molecule has 1 atom stereocenters. The van der Waals surface area contributed by atoms with E-state index < -0.39 is 6.04 Å². The lowest BCUT2D eigenvalue weighted by Gasteiger charge is -2.27. The molecule has 0 aliphatic heterocycles. The van der Waals surface area contributed by atoms with Crippen LogP contribution in [0.1, 0.15) is 44.7 Å². The standard InChI is InChI=1S/C19H29N3O2S/c1-14-6-8-15(9-7-14)18(23)22-17(10-12-25-2)19(24)21-13-16-5-3-4-11-20-16/h3-5,11,14-15,17H,6-10,12-13H2,1-2H3,(H,21,24)(H,22,23). The number of pyridine rings is 1. The lowest BCUT2D eigenvalue weighted by Crippen LogP contribution is -2.49. The van der Waals surface area contributed by atoms with Crippen molar-refractivity contribution in [2.24, 2.45) is 11.8 Å². The van der Waals surface area contributed by atoms with Gasteiger partial charge in [-0.2, -0.15) is 11.8 Å². The van der Waals surface area contributed by atoms with Gasteiger partial charge in [-0.1, -0.05) is 13.0 Å². The Hall–Kier alpha value is -1.56. The van der Waals surface area contributed by atoms with Crippen LogP contribution in [0.2, 0.25) is 0 Å². The molecule has 5 nitrogen and oxygen atoms in total. The zero-order valence-electron chi connectivity index (χ0n) is 15.2. The van der Waals surface area contributed by atoms with Crippen molar-refractivity contribution in [3.05, 3.63) is 30.1 Å². The maximum Gasteiger partial charge on any atom is 0.242 e. The zero-order chi connectivity index (χ0) is 18.1. The van der Waals surface area contributed by atoms with Crippen LogP contribution in [0.25, 0.3) is 0 Å². The molecular weight excluding hydrogens is 334 g/mol. The number of rotatable bonds is 8. The van der Waals surface area contributed by atoms with Crippen molar-refractivity contribution in [3.63, 3.8) is 0 Å². The van der Waals surface area contributed by atoms with Crippen molar-refractivity contribution >= 4 is 23.6 Å². The predicted octanol–water partition coefficient (Wildman–Crippen LogP) is 2.76. The van der Waals surface area contributed by atoms with Crippen LogP contribution < -0.4 is 10.6 Å². The Bertz CT molecular complexity index is 545. The molecule has 1 aliphatic carbocycles. The number of hydrogen-bond acceptors (Lipinski definition) is 4. The van der Waals surface area contributed by atoms with Crippen molar-refractivity contribution in [1.29, 1.82) is 0 Å². The monoisotopic (exact) mass is 363 g/mol. The van der Waals surface area contributed by atoms with Crippen LogP contribution in [0.4, 0.5) is 0 Å². The number of thioether (sulfide) groups is 1. The summed E-state index contributed by atoms with van der Waals surface area (Å²) in [6.45, 7) is 2.62. The van der Waals surface area contributed by atoms with Crippen molar-refractivity contribution in [2.75, 3.05) is 12.0 Å². The molecule has 0 spiro atoms. The summed E-state index contributed by atoms with van der Waals surface area (Å²) in [6.07, 6.45) is 8.41. The van der Waals surface area contributed by atoms with Crippen molar-refractivity contribution < 1.29 is 9.59 Å². The number of nitrogens with zero attached hydrogens (tertiary/aromatic N) is 1. The molecular formula is C19H29N3O2S. The van der Waals surface area contributed by atoms with E-state index in [4.69, 9.17) is 0 Å². The average Bonchev–Trinajstić information content (AvgIpc) is 2.64. The number of nitrogens with one attached hydrogen (secondary N) is 2. The van der Waals surface area contributed by atoms with Gasteiger partial charge >= 0.3 is 0 Å². The molecule has 2 N–H and O–H groups in total. The molecule has 2 amide bonds. The average molecular weight is 364 g/mol. The minimum Gasteiger partial charge on any atom is -0.349 e. The molecule has 1 heterocycles. The smallest absolute Gasteiger partial charge is 0.242 e. The molecule has 25 heavy (non-hydrogen) atoms. The van der Waals surface area contributed by atoms with Crippen LogP contribution in [-0.4, -0.2) is 34.8 Å². The SMILES string of the molecule is CSCCC(NC(=O)C1CCC(C)CC1)C(=O)NCc1ccccn1. The summed E-state index contributed by atoms with van der Waals surface area (Å²) in [5, 5.41) is 5.89. The Kier molecular flexibility index (Phi) is 8.25. The third-order valence-corrected chi connectivity index (χ3v) is 5.44. The first-order valence-electron chi connectivity index (χ1n) is 9.07. The fraction of sp³-hybridized carbons (Fsp3) is 0.632. The molecule has 0 radical (unpaired) electrons. The molecule has 6 heteroatoms. The maximum atomic E-state index is 12.5. The molecule has 138 valence electrons. The molecule has 1 unspecified atom stereocenters. The summed E-state index contributed by atoms with van der Waals surface area (Å²) in [5.74, 6) is 1.50. The summed E-state index contributed by atoms with van der Waals surface area (Å²) in [6, 6.07) is 5.14. The van der Waals surface area contributed by atoms with Crippen molar-refractivity contribution in [3.8, 4) is 0 Å². The topological polar surface area (TPSA) is 71.1 Å². The highest BCUT2D eigenvalue weighted by atomic mass is 32.2. The number of carbonyl (C=O) groups is 2. The van der Waals surface area contributed by atoms with E-state index in [-0.39, 0.29) is 17.7 Å². The third-order valence-electron chi connectivity index (χ3n) is 4.80. The number of carbonyl (C=O) groups excluding carboxylic acids is 2. The van der Waals surface area contributed by atoms with Crippen molar-refractivity contribution in [2.45, 2.75) is 51.6 Å². The van der Waals surface area contributed by atoms with Gasteiger partial charge in [-0.05, 0) is 62.2 Å². The Morgan fingerprint density at radius 3 is 2.68 bits per heavy atom. The van der Waals surface area contributed by atoms with E-state index in [1.807, 2.05) is 24.5 Å². The summed E-state index contributed by atoms with van der Waals surface area (Å²) >= 11 is 1.68. The minimum absolute atomic E-state index is 0.0333. The van der Waals surface area contributed by atoms with Gasteiger partial charge in [-0.3, -0.25) is 14.6 Å². The summed E-state index contributed by atoms with van der Waals surface area (Å²) in [4.78, 5) is 29.3. The maximum absolute atomic E-state index is 12.5. The Morgan fingerprint density at radius 2 is 2.04 bits per heavy atom.